The maximum atomic E-state index is 10.6. The number of methoxy groups -OCH3 is 1. The van der Waals surface area contributed by atoms with Crippen LogP contribution in [0.4, 0.5) is 5.69 Å². The Morgan fingerprint density at radius 2 is 2.36 bits per heavy atom. The van der Waals surface area contributed by atoms with Crippen molar-refractivity contribution in [2.45, 2.75) is 6.04 Å². The van der Waals surface area contributed by atoms with Crippen LogP contribution in [0, 0.1) is 0 Å². The van der Waals surface area contributed by atoms with Crippen molar-refractivity contribution in [2.75, 3.05) is 12.8 Å². The number of carboxylic acid groups (broad SMARTS) is 1. The molecule has 0 aromatic carbocycles. The van der Waals surface area contributed by atoms with Crippen molar-refractivity contribution in [2.24, 2.45) is 5.73 Å². The molecule has 0 unspecified atom stereocenters. The Labute approximate surface area is 80.5 Å². The summed E-state index contributed by atoms with van der Waals surface area (Å²) in [6, 6.07) is 0.255. The van der Waals surface area contributed by atoms with Crippen LogP contribution in [0.1, 0.15) is 11.6 Å². The van der Waals surface area contributed by atoms with Crippen LogP contribution in [-0.4, -0.2) is 23.2 Å². The first-order valence-electron chi connectivity index (χ1n) is 3.84. The maximum Gasteiger partial charge on any atom is 0.325 e. The van der Waals surface area contributed by atoms with Crippen LogP contribution in [0.25, 0.3) is 0 Å². The first kappa shape index (κ1) is 10.3. The number of aliphatic carboxylic acids is 1. The molecule has 0 bridgehead atoms. The molecule has 1 atom stereocenters. The van der Waals surface area contributed by atoms with Crippen molar-refractivity contribution in [3.63, 3.8) is 0 Å². The second-order valence-electron chi connectivity index (χ2n) is 2.68. The Morgan fingerprint density at radius 3 is 2.86 bits per heavy atom. The van der Waals surface area contributed by atoms with Gasteiger partial charge in [0.15, 0.2) is 0 Å². The molecule has 0 aliphatic heterocycles. The maximum absolute atomic E-state index is 10.6. The summed E-state index contributed by atoms with van der Waals surface area (Å²) in [6.45, 7) is 0. The summed E-state index contributed by atoms with van der Waals surface area (Å²) in [7, 11) is 1.39. The first-order valence-corrected chi connectivity index (χ1v) is 3.84. The molecule has 1 aromatic heterocycles. The highest BCUT2D eigenvalue weighted by atomic mass is 16.5. The van der Waals surface area contributed by atoms with E-state index in [1.54, 1.807) is 0 Å². The number of ether oxygens (including phenoxy) is 1. The van der Waals surface area contributed by atoms with Crippen LogP contribution >= 0.6 is 0 Å². The molecule has 0 radical (unpaired) electrons. The fourth-order valence-electron chi connectivity index (χ4n) is 1.01. The number of rotatable bonds is 3. The van der Waals surface area contributed by atoms with Gasteiger partial charge in [-0.1, -0.05) is 0 Å². The molecule has 6 heteroatoms. The summed E-state index contributed by atoms with van der Waals surface area (Å²) in [5.41, 5.74) is 11.5. The fourth-order valence-corrected chi connectivity index (χ4v) is 1.01. The molecule has 14 heavy (non-hydrogen) atoms. The van der Waals surface area contributed by atoms with Gasteiger partial charge in [0.2, 0.25) is 5.88 Å². The normalized spacial score (nSPS) is 12.1. The highest BCUT2D eigenvalue weighted by molar-refractivity contribution is 5.76. The molecule has 1 heterocycles. The van der Waals surface area contributed by atoms with E-state index in [1.807, 2.05) is 0 Å². The van der Waals surface area contributed by atoms with E-state index in [9.17, 15) is 4.79 Å². The number of hydrogen-bond donors (Lipinski definition) is 3. The van der Waals surface area contributed by atoms with Crippen LogP contribution in [0.3, 0.4) is 0 Å². The minimum atomic E-state index is -1.18. The topological polar surface area (TPSA) is 111 Å². The van der Waals surface area contributed by atoms with Gasteiger partial charge in [0.1, 0.15) is 6.04 Å². The van der Waals surface area contributed by atoms with Crippen LogP contribution in [0.15, 0.2) is 12.3 Å². The molecule has 6 nitrogen and oxygen atoms in total. The van der Waals surface area contributed by atoms with Gasteiger partial charge in [0.05, 0.1) is 19.0 Å². The predicted molar refractivity (Wildman–Crippen MR) is 49.8 cm³/mol. The Balaban J connectivity index is 3.16. The van der Waals surface area contributed by atoms with Crippen molar-refractivity contribution < 1.29 is 14.6 Å². The van der Waals surface area contributed by atoms with Gasteiger partial charge in [-0.05, 0) is 6.07 Å². The standard InChI is InChI=1S/C8H11N3O3/c1-14-7-5(6(10)8(12)13)2-4(9)3-11-7/h2-3,6H,9-10H2,1H3,(H,12,13)/t6-/m0/s1. The van der Waals surface area contributed by atoms with E-state index in [-0.39, 0.29) is 11.4 Å². The van der Waals surface area contributed by atoms with E-state index in [2.05, 4.69) is 4.98 Å². The molecular formula is C8H11N3O3. The Bertz CT molecular complexity index is 354. The average molecular weight is 197 g/mol. The number of pyridine rings is 1. The number of hydrogen-bond acceptors (Lipinski definition) is 5. The number of nitrogens with zero attached hydrogens (tertiary/aromatic N) is 1. The Hall–Kier alpha value is -1.82. The smallest absolute Gasteiger partial charge is 0.325 e. The van der Waals surface area contributed by atoms with Gasteiger partial charge in [-0.25, -0.2) is 4.98 Å². The van der Waals surface area contributed by atoms with E-state index >= 15 is 0 Å². The van der Waals surface area contributed by atoms with Gasteiger partial charge in [0.25, 0.3) is 0 Å². The zero-order valence-electron chi connectivity index (χ0n) is 7.60. The van der Waals surface area contributed by atoms with Gasteiger partial charge in [-0.3, -0.25) is 4.79 Å². The van der Waals surface area contributed by atoms with Crippen LogP contribution in [0.5, 0.6) is 5.88 Å². The number of anilines is 1. The van der Waals surface area contributed by atoms with E-state index in [0.717, 1.165) is 0 Å². The average Bonchev–Trinajstić information content (AvgIpc) is 2.16. The van der Waals surface area contributed by atoms with Crippen molar-refractivity contribution >= 4 is 11.7 Å². The quantitative estimate of drug-likeness (QED) is 0.616. The molecule has 0 saturated carbocycles. The third-order valence-corrected chi connectivity index (χ3v) is 1.69. The van der Waals surface area contributed by atoms with Crippen LogP contribution in [0.2, 0.25) is 0 Å². The lowest BCUT2D eigenvalue weighted by Gasteiger charge is -2.11. The van der Waals surface area contributed by atoms with Gasteiger partial charge >= 0.3 is 5.97 Å². The molecule has 76 valence electrons. The largest absolute Gasteiger partial charge is 0.481 e. The third kappa shape index (κ3) is 1.91. The van der Waals surface area contributed by atoms with E-state index in [1.165, 1.54) is 19.4 Å². The summed E-state index contributed by atoms with van der Waals surface area (Å²) in [4.78, 5) is 14.4. The summed E-state index contributed by atoms with van der Waals surface area (Å²) in [6.07, 6.45) is 1.37. The number of carboxylic acids is 1. The minimum absolute atomic E-state index is 0.175. The zero-order valence-corrected chi connectivity index (χ0v) is 7.60. The van der Waals surface area contributed by atoms with Crippen LogP contribution < -0.4 is 16.2 Å². The van der Waals surface area contributed by atoms with E-state index < -0.39 is 12.0 Å². The number of carbonyl (C=O) groups is 1. The molecule has 1 aromatic rings. The van der Waals surface area contributed by atoms with Crippen LogP contribution in [-0.2, 0) is 4.79 Å². The first-order chi connectivity index (χ1) is 6.56. The second-order valence-corrected chi connectivity index (χ2v) is 2.68. The minimum Gasteiger partial charge on any atom is -0.481 e. The molecule has 0 fully saturated rings. The SMILES string of the molecule is COc1ncc(N)cc1[C@H](N)C(=O)O. The van der Waals surface area contributed by atoms with Crippen molar-refractivity contribution in [1.29, 1.82) is 0 Å². The number of aromatic nitrogens is 1. The summed E-state index contributed by atoms with van der Waals surface area (Å²) < 4.78 is 4.86. The van der Waals surface area contributed by atoms with Crippen molar-refractivity contribution in [1.82, 2.24) is 4.98 Å². The van der Waals surface area contributed by atoms with Crippen molar-refractivity contribution in [3.8, 4) is 5.88 Å². The number of nitrogen functional groups attached to an aromatic ring is 1. The Kier molecular flexibility index (Phi) is 2.88. The lowest BCUT2D eigenvalue weighted by Crippen LogP contribution is -2.21. The van der Waals surface area contributed by atoms with Gasteiger partial charge in [-0.2, -0.15) is 0 Å². The summed E-state index contributed by atoms with van der Waals surface area (Å²) in [5, 5.41) is 8.70. The predicted octanol–water partition coefficient (Wildman–Crippen LogP) is -0.243. The summed E-state index contributed by atoms with van der Waals surface area (Å²) in [5.74, 6) is -0.982. The van der Waals surface area contributed by atoms with E-state index in [0.29, 0.717) is 5.69 Å². The fraction of sp³-hybridized carbons (Fsp3) is 0.250. The molecule has 0 spiro atoms. The molecule has 0 amide bonds. The van der Waals surface area contributed by atoms with Crippen molar-refractivity contribution in [3.05, 3.63) is 17.8 Å². The number of nitrogens with two attached hydrogens (primary N) is 2. The van der Waals surface area contributed by atoms with Gasteiger partial charge < -0.3 is 21.3 Å². The molecule has 0 aliphatic rings. The Morgan fingerprint density at radius 1 is 1.71 bits per heavy atom. The molecule has 0 saturated heterocycles. The highest BCUT2D eigenvalue weighted by Crippen LogP contribution is 2.23. The lowest BCUT2D eigenvalue weighted by atomic mass is 10.1. The zero-order chi connectivity index (χ0) is 10.7. The van der Waals surface area contributed by atoms with Gasteiger partial charge in [-0.15, -0.1) is 0 Å². The monoisotopic (exact) mass is 197 g/mol. The van der Waals surface area contributed by atoms with Gasteiger partial charge in [0, 0.05) is 5.56 Å². The van der Waals surface area contributed by atoms with E-state index in [4.69, 9.17) is 21.3 Å². The third-order valence-electron chi connectivity index (χ3n) is 1.69. The molecule has 5 N–H and O–H groups in total. The summed E-state index contributed by atoms with van der Waals surface area (Å²) >= 11 is 0. The lowest BCUT2D eigenvalue weighted by molar-refractivity contribution is -0.138. The highest BCUT2D eigenvalue weighted by Gasteiger charge is 2.19. The molecular weight excluding hydrogens is 186 g/mol. The second kappa shape index (κ2) is 3.93. The molecule has 0 aliphatic carbocycles. The molecule has 1 rings (SSSR count).